The molecule has 5 nitrogen and oxygen atoms in total. The highest BCUT2D eigenvalue weighted by molar-refractivity contribution is 6.31. The molecular weight excluding hydrogens is 460 g/mol. The second-order valence-electron chi connectivity index (χ2n) is 8.03. The molecule has 0 aliphatic rings. The van der Waals surface area contributed by atoms with E-state index >= 15 is 0 Å². The van der Waals surface area contributed by atoms with E-state index in [4.69, 9.17) is 21.1 Å². The van der Waals surface area contributed by atoms with Gasteiger partial charge < -0.3 is 14.8 Å². The molecule has 1 amide bonds. The third kappa shape index (κ3) is 6.53. The van der Waals surface area contributed by atoms with Gasteiger partial charge in [-0.1, -0.05) is 53.6 Å². The van der Waals surface area contributed by atoms with Gasteiger partial charge in [-0.25, -0.2) is 0 Å². The Morgan fingerprint density at radius 1 is 1.14 bits per heavy atom. The molecule has 1 N–H and O–H groups in total. The molecule has 0 aromatic heterocycles. The van der Waals surface area contributed by atoms with Crippen LogP contribution < -0.4 is 14.8 Å². The minimum atomic E-state index is -0.484. The van der Waals surface area contributed by atoms with Gasteiger partial charge in [0.1, 0.15) is 18.2 Å². The molecule has 3 aromatic rings. The Balaban J connectivity index is 1.92. The average Bonchev–Trinajstić information content (AvgIpc) is 2.84. The van der Waals surface area contributed by atoms with Crippen LogP contribution >= 0.6 is 11.6 Å². The zero-order valence-electron chi connectivity index (χ0n) is 20.0. The van der Waals surface area contributed by atoms with E-state index in [1.165, 1.54) is 6.08 Å². The SMILES string of the molecule is C=CCc1cc(/C=C(\C#N)C(=O)Nc2ccc(C)cc2C)cc(OC)c1OCc1ccccc1Cl. The van der Waals surface area contributed by atoms with E-state index in [0.29, 0.717) is 34.2 Å². The number of carbonyl (C=O) groups is 1. The lowest BCUT2D eigenvalue weighted by molar-refractivity contribution is -0.112. The molecule has 0 saturated carbocycles. The Bertz CT molecular complexity index is 1320. The van der Waals surface area contributed by atoms with E-state index in [-0.39, 0.29) is 12.2 Å². The number of ether oxygens (including phenoxy) is 2. The standard InChI is InChI=1S/C29H27ClN2O3/c1-5-8-22-14-21(15-24(17-31)29(33)32-26-12-11-19(2)13-20(26)3)16-27(34-4)28(22)35-18-23-9-6-7-10-25(23)30/h5-7,9-16H,1,8,18H2,2-4H3,(H,32,33)/b24-15+. The van der Waals surface area contributed by atoms with Crippen molar-refractivity contribution in [1.29, 1.82) is 5.26 Å². The normalized spacial score (nSPS) is 10.9. The van der Waals surface area contributed by atoms with Gasteiger partial charge in [-0.15, -0.1) is 6.58 Å². The van der Waals surface area contributed by atoms with Crippen molar-refractivity contribution < 1.29 is 14.3 Å². The Hall–Kier alpha value is -4.01. The number of amides is 1. The smallest absolute Gasteiger partial charge is 0.266 e. The Kier molecular flexibility index (Phi) is 8.72. The lowest BCUT2D eigenvalue weighted by atomic mass is 10.0. The number of nitrogens with zero attached hydrogens (tertiary/aromatic N) is 1. The molecule has 0 aliphatic carbocycles. The van der Waals surface area contributed by atoms with Crippen molar-refractivity contribution in [1.82, 2.24) is 0 Å². The Morgan fingerprint density at radius 3 is 2.57 bits per heavy atom. The molecule has 0 saturated heterocycles. The predicted molar refractivity (Wildman–Crippen MR) is 141 cm³/mol. The summed E-state index contributed by atoms with van der Waals surface area (Å²) in [5.74, 6) is 0.556. The number of nitriles is 1. The number of rotatable bonds is 9. The number of anilines is 1. The Labute approximate surface area is 211 Å². The maximum Gasteiger partial charge on any atom is 0.266 e. The van der Waals surface area contributed by atoms with Gasteiger partial charge in [0.15, 0.2) is 11.5 Å². The number of benzene rings is 3. The van der Waals surface area contributed by atoms with Crippen molar-refractivity contribution in [3.8, 4) is 17.6 Å². The van der Waals surface area contributed by atoms with Crippen molar-refractivity contribution in [3.05, 3.63) is 106 Å². The summed E-state index contributed by atoms with van der Waals surface area (Å²) in [6.45, 7) is 7.98. The van der Waals surface area contributed by atoms with Gasteiger partial charge in [0.25, 0.3) is 5.91 Å². The highest BCUT2D eigenvalue weighted by Crippen LogP contribution is 2.35. The number of halogens is 1. The van der Waals surface area contributed by atoms with E-state index in [1.54, 1.807) is 19.3 Å². The minimum absolute atomic E-state index is 0.0266. The first kappa shape index (κ1) is 25.6. The molecule has 3 aromatic carbocycles. The van der Waals surface area contributed by atoms with Crippen molar-refractivity contribution in [2.75, 3.05) is 12.4 Å². The van der Waals surface area contributed by atoms with Crippen LogP contribution in [0.25, 0.3) is 6.08 Å². The highest BCUT2D eigenvalue weighted by atomic mass is 35.5. The van der Waals surface area contributed by atoms with Crippen molar-refractivity contribution in [3.63, 3.8) is 0 Å². The summed E-state index contributed by atoms with van der Waals surface area (Å²) in [6.07, 6.45) is 3.79. The molecule has 0 spiro atoms. The van der Waals surface area contributed by atoms with Crippen LogP contribution in [0.15, 0.2) is 72.8 Å². The van der Waals surface area contributed by atoms with Gasteiger partial charge in [0.05, 0.1) is 7.11 Å². The maximum absolute atomic E-state index is 12.8. The summed E-state index contributed by atoms with van der Waals surface area (Å²) in [6, 6.07) is 18.8. The first-order valence-electron chi connectivity index (χ1n) is 11.0. The number of nitrogens with one attached hydrogen (secondary N) is 1. The molecule has 0 atom stereocenters. The number of methoxy groups -OCH3 is 1. The molecule has 0 unspecified atom stereocenters. The predicted octanol–water partition coefficient (Wildman–Crippen LogP) is 6.82. The molecule has 0 aliphatic heterocycles. The van der Waals surface area contributed by atoms with E-state index in [2.05, 4.69) is 11.9 Å². The molecule has 35 heavy (non-hydrogen) atoms. The third-order valence-electron chi connectivity index (χ3n) is 5.37. The molecule has 0 fully saturated rings. The maximum atomic E-state index is 12.8. The van der Waals surface area contributed by atoms with Gasteiger partial charge in [-0.05, 0) is 61.7 Å². The zero-order chi connectivity index (χ0) is 25.4. The molecular formula is C29H27ClN2O3. The van der Waals surface area contributed by atoms with Crippen LogP contribution in [-0.4, -0.2) is 13.0 Å². The first-order chi connectivity index (χ1) is 16.9. The second kappa shape index (κ2) is 11.9. The molecule has 0 radical (unpaired) electrons. The van der Waals surface area contributed by atoms with Crippen molar-refractivity contribution >= 4 is 29.3 Å². The molecule has 0 heterocycles. The number of hydrogen-bond acceptors (Lipinski definition) is 4. The van der Waals surface area contributed by atoms with Gasteiger partial charge in [0, 0.05) is 21.8 Å². The van der Waals surface area contributed by atoms with Crippen molar-refractivity contribution in [2.45, 2.75) is 26.9 Å². The summed E-state index contributed by atoms with van der Waals surface area (Å²) in [7, 11) is 1.54. The third-order valence-corrected chi connectivity index (χ3v) is 5.74. The van der Waals surface area contributed by atoms with E-state index in [9.17, 15) is 10.1 Å². The summed E-state index contributed by atoms with van der Waals surface area (Å²) >= 11 is 6.26. The molecule has 178 valence electrons. The average molecular weight is 487 g/mol. The van der Waals surface area contributed by atoms with Crippen LogP contribution in [0.4, 0.5) is 5.69 Å². The highest BCUT2D eigenvalue weighted by Gasteiger charge is 2.16. The zero-order valence-corrected chi connectivity index (χ0v) is 20.8. The number of allylic oxidation sites excluding steroid dienone is 1. The topological polar surface area (TPSA) is 71.4 Å². The minimum Gasteiger partial charge on any atom is -0.493 e. The quantitative estimate of drug-likeness (QED) is 0.204. The van der Waals surface area contributed by atoms with Gasteiger partial charge in [-0.3, -0.25) is 4.79 Å². The number of hydrogen-bond donors (Lipinski definition) is 1. The van der Waals surface area contributed by atoms with Gasteiger partial charge in [-0.2, -0.15) is 5.26 Å². The second-order valence-corrected chi connectivity index (χ2v) is 8.43. The van der Waals surface area contributed by atoms with E-state index in [1.807, 2.05) is 68.4 Å². The Morgan fingerprint density at radius 2 is 1.91 bits per heavy atom. The molecule has 6 heteroatoms. The van der Waals surface area contributed by atoms with Crippen LogP contribution in [-0.2, 0) is 17.8 Å². The monoisotopic (exact) mass is 486 g/mol. The molecule has 3 rings (SSSR count). The number of carbonyl (C=O) groups excluding carboxylic acids is 1. The fourth-order valence-electron chi connectivity index (χ4n) is 3.61. The van der Waals surface area contributed by atoms with Crippen LogP contribution in [0.5, 0.6) is 11.5 Å². The van der Waals surface area contributed by atoms with Crippen LogP contribution in [0.1, 0.15) is 27.8 Å². The first-order valence-corrected chi connectivity index (χ1v) is 11.4. The number of aryl methyl sites for hydroxylation is 2. The summed E-state index contributed by atoms with van der Waals surface area (Å²) in [5.41, 5.74) is 4.94. The summed E-state index contributed by atoms with van der Waals surface area (Å²) in [4.78, 5) is 12.8. The van der Waals surface area contributed by atoms with Crippen LogP contribution in [0.3, 0.4) is 0 Å². The van der Waals surface area contributed by atoms with Gasteiger partial charge in [0.2, 0.25) is 0 Å². The van der Waals surface area contributed by atoms with Gasteiger partial charge >= 0.3 is 0 Å². The van der Waals surface area contributed by atoms with Crippen LogP contribution in [0.2, 0.25) is 5.02 Å². The summed E-state index contributed by atoms with van der Waals surface area (Å²) < 4.78 is 11.7. The molecule has 0 bridgehead atoms. The lowest BCUT2D eigenvalue weighted by Gasteiger charge is -2.16. The largest absolute Gasteiger partial charge is 0.493 e. The fourth-order valence-corrected chi connectivity index (χ4v) is 3.80. The van der Waals surface area contributed by atoms with E-state index in [0.717, 1.165) is 22.3 Å². The lowest BCUT2D eigenvalue weighted by Crippen LogP contribution is -2.14. The summed E-state index contributed by atoms with van der Waals surface area (Å²) in [5, 5.41) is 13.1. The van der Waals surface area contributed by atoms with Crippen LogP contribution in [0, 0.1) is 25.2 Å². The fraction of sp³-hybridized carbons (Fsp3) is 0.172. The van der Waals surface area contributed by atoms with Crippen molar-refractivity contribution in [2.24, 2.45) is 0 Å². The van der Waals surface area contributed by atoms with E-state index < -0.39 is 5.91 Å².